The molecule has 3 rings (SSSR count). The Labute approximate surface area is 186 Å². The van der Waals surface area contributed by atoms with Crippen LogP contribution in [0.15, 0.2) is 54.9 Å². The Morgan fingerprint density at radius 3 is 2.60 bits per heavy atom. The predicted octanol–water partition coefficient (Wildman–Crippen LogP) is 4.40. The summed E-state index contributed by atoms with van der Waals surface area (Å²) in [6.45, 7) is 1.50. The van der Waals surface area contributed by atoms with Crippen LogP contribution in [0.3, 0.4) is 0 Å². The summed E-state index contributed by atoms with van der Waals surface area (Å²) in [7, 11) is 0. The van der Waals surface area contributed by atoms with Gasteiger partial charge in [0.2, 0.25) is 5.91 Å². The fraction of sp³-hybridized carbons (Fsp3) is 0.100. The third kappa shape index (κ3) is 4.80. The average Bonchev–Trinajstić information content (AvgIpc) is 2.71. The lowest BCUT2D eigenvalue weighted by Crippen LogP contribution is -2.22. The maximum absolute atomic E-state index is 12.2. The zero-order chi connectivity index (χ0) is 21.8. The number of hydrogen-bond acceptors (Lipinski definition) is 5. The van der Waals surface area contributed by atoms with Crippen molar-refractivity contribution in [1.82, 2.24) is 4.98 Å². The van der Waals surface area contributed by atoms with Crippen molar-refractivity contribution in [3.8, 4) is 11.1 Å². The van der Waals surface area contributed by atoms with Crippen LogP contribution in [-0.4, -0.2) is 19.7 Å². The molecule has 0 aliphatic heterocycles. The summed E-state index contributed by atoms with van der Waals surface area (Å²) in [6, 6.07) is 11.7. The number of hydrogen-bond donors (Lipinski definition) is 2. The quantitative estimate of drug-likeness (QED) is 0.525. The number of halogens is 2. The Balaban J connectivity index is 2.15. The van der Waals surface area contributed by atoms with Crippen LogP contribution < -0.4 is 15.4 Å². The van der Waals surface area contributed by atoms with E-state index in [0.717, 1.165) is 4.31 Å². The van der Waals surface area contributed by atoms with Crippen molar-refractivity contribution >= 4 is 57.4 Å². The van der Waals surface area contributed by atoms with Crippen LogP contribution in [0.25, 0.3) is 11.1 Å². The lowest BCUT2D eigenvalue weighted by Gasteiger charge is -2.29. The van der Waals surface area contributed by atoms with E-state index in [1.165, 1.54) is 13.1 Å². The molecule has 1 amide bonds. The largest absolute Gasteiger partial charge is 0.755 e. The number of rotatable bonds is 6. The van der Waals surface area contributed by atoms with E-state index in [9.17, 15) is 13.6 Å². The maximum atomic E-state index is 12.2. The van der Waals surface area contributed by atoms with Crippen molar-refractivity contribution in [1.29, 1.82) is 0 Å². The molecule has 0 fully saturated rings. The minimum absolute atomic E-state index is 0.103. The van der Waals surface area contributed by atoms with Gasteiger partial charge in [0, 0.05) is 25.2 Å². The molecular weight excluding hydrogens is 447 g/mol. The van der Waals surface area contributed by atoms with Gasteiger partial charge in [-0.15, -0.1) is 0 Å². The average molecular weight is 464 g/mol. The van der Waals surface area contributed by atoms with Gasteiger partial charge in [-0.3, -0.25) is 18.3 Å². The first-order valence-corrected chi connectivity index (χ1v) is 10.5. The monoisotopic (exact) mass is 463 g/mol. The summed E-state index contributed by atoms with van der Waals surface area (Å²) in [6.07, 6.45) is 3.13. The molecular formula is C20H17Cl2N4O3S-. The van der Waals surface area contributed by atoms with Gasteiger partial charge in [0.15, 0.2) is 0 Å². The molecule has 10 heteroatoms. The zero-order valence-electron chi connectivity index (χ0n) is 15.8. The lowest BCUT2D eigenvalue weighted by molar-refractivity contribution is -0.114. The highest BCUT2D eigenvalue weighted by Crippen LogP contribution is 2.39. The van der Waals surface area contributed by atoms with Crippen molar-refractivity contribution in [3.05, 3.63) is 70.5 Å². The Bertz CT molecular complexity index is 1130. The second kappa shape index (κ2) is 9.55. The number of pyridine rings is 1. The summed E-state index contributed by atoms with van der Waals surface area (Å²) in [5.41, 5.74) is 8.85. The van der Waals surface area contributed by atoms with Gasteiger partial charge < -0.3 is 15.6 Å². The van der Waals surface area contributed by atoms with Crippen molar-refractivity contribution < 1.29 is 13.6 Å². The molecule has 0 aliphatic carbocycles. The highest BCUT2D eigenvalue weighted by molar-refractivity contribution is 7.81. The first-order valence-electron chi connectivity index (χ1n) is 8.71. The van der Waals surface area contributed by atoms with Crippen LogP contribution in [0.1, 0.15) is 12.5 Å². The van der Waals surface area contributed by atoms with E-state index in [1.54, 1.807) is 48.7 Å². The van der Waals surface area contributed by atoms with Gasteiger partial charge in [-0.05, 0) is 35.4 Å². The fourth-order valence-electron chi connectivity index (χ4n) is 2.91. The maximum Gasteiger partial charge on any atom is 0.221 e. The molecule has 0 radical (unpaired) electrons. The number of benzene rings is 2. The topological polar surface area (TPSA) is 111 Å². The smallest absolute Gasteiger partial charge is 0.221 e. The van der Waals surface area contributed by atoms with Crippen molar-refractivity contribution in [2.24, 2.45) is 5.73 Å². The standard InChI is InChI=1S/C20H18Cl2N4O3S/c1-12(27)25-16-7-15(10-24-11-16)13-5-6-14(9-23)19(8-13)26(30(28)29)18-4-2-3-17(21)20(18)22/h2-8,10-11H,9,23H2,1H3,(H,25,27)(H,28,29)/p-1. The minimum Gasteiger partial charge on any atom is -0.755 e. The van der Waals surface area contributed by atoms with Crippen LogP contribution >= 0.6 is 23.2 Å². The number of nitrogens with one attached hydrogen (secondary N) is 1. The SMILES string of the molecule is CC(=O)Nc1cncc(-c2ccc(CN)c(N(c3cccc(Cl)c3Cl)S(=O)[O-])c2)c1. The molecule has 0 aliphatic rings. The highest BCUT2D eigenvalue weighted by Gasteiger charge is 2.19. The van der Waals surface area contributed by atoms with Gasteiger partial charge in [-0.25, -0.2) is 0 Å². The highest BCUT2D eigenvalue weighted by atomic mass is 35.5. The van der Waals surface area contributed by atoms with Gasteiger partial charge in [-0.2, -0.15) is 0 Å². The molecule has 1 atom stereocenters. The van der Waals surface area contributed by atoms with E-state index in [2.05, 4.69) is 10.3 Å². The Morgan fingerprint density at radius 1 is 1.17 bits per heavy atom. The van der Waals surface area contributed by atoms with E-state index in [0.29, 0.717) is 28.1 Å². The normalized spacial score (nSPS) is 11.8. The molecule has 0 saturated heterocycles. The minimum atomic E-state index is -2.70. The van der Waals surface area contributed by atoms with Gasteiger partial charge in [0.25, 0.3) is 0 Å². The Kier molecular flexibility index (Phi) is 7.06. The van der Waals surface area contributed by atoms with Gasteiger partial charge >= 0.3 is 0 Å². The number of nitrogens with zero attached hydrogens (tertiary/aromatic N) is 2. The molecule has 1 aromatic heterocycles. The molecule has 2 aromatic carbocycles. The molecule has 0 bridgehead atoms. The Morgan fingerprint density at radius 2 is 1.93 bits per heavy atom. The summed E-state index contributed by atoms with van der Waals surface area (Å²) in [5.74, 6) is -0.225. The van der Waals surface area contributed by atoms with Crippen LogP contribution in [0, 0.1) is 0 Å². The van der Waals surface area contributed by atoms with Crippen LogP contribution in [0.5, 0.6) is 0 Å². The molecule has 156 valence electrons. The van der Waals surface area contributed by atoms with E-state index < -0.39 is 11.3 Å². The molecule has 30 heavy (non-hydrogen) atoms. The number of carbonyl (C=O) groups is 1. The third-order valence-electron chi connectivity index (χ3n) is 4.22. The number of amides is 1. The fourth-order valence-corrected chi connectivity index (χ4v) is 3.99. The Hall–Kier alpha value is -2.49. The number of carbonyl (C=O) groups excluding carboxylic acids is 1. The van der Waals surface area contributed by atoms with Crippen molar-refractivity contribution in [3.63, 3.8) is 0 Å². The van der Waals surface area contributed by atoms with Crippen molar-refractivity contribution in [2.45, 2.75) is 13.5 Å². The molecule has 1 unspecified atom stereocenters. The third-order valence-corrected chi connectivity index (χ3v) is 5.72. The van der Waals surface area contributed by atoms with Gasteiger partial charge in [0.1, 0.15) is 0 Å². The number of anilines is 3. The van der Waals surface area contributed by atoms with Gasteiger partial charge in [-0.1, -0.05) is 41.4 Å². The van der Waals surface area contributed by atoms with Crippen LogP contribution in [0.2, 0.25) is 10.0 Å². The molecule has 3 N–H and O–H groups in total. The summed E-state index contributed by atoms with van der Waals surface area (Å²) in [4.78, 5) is 15.5. The van der Waals surface area contributed by atoms with E-state index in [-0.39, 0.29) is 28.2 Å². The molecule has 7 nitrogen and oxygen atoms in total. The van der Waals surface area contributed by atoms with Crippen LogP contribution in [0.4, 0.5) is 17.1 Å². The van der Waals surface area contributed by atoms with E-state index in [1.807, 2.05) is 0 Å². The second-order valence-electron chi connectivity index (χ2n) is 6.28. The first kappa shape index (κ1) is 22.2. The molecule has 1 heterocycles. The lowest BCUT2D eigenvalue weighted by atomic mass is 10.0. The molecule has 0 spiro atoms. The second-order valence-corrected chi connectivity index (χ2v) is 7.86. The summed E-state index contributed by atoms with van der Waals surface area (Å²) < 4.78 is 25.4. The first-order chi connectivity index (χ1) is 14.3. The van der Waals surface area contributed by atoms with Gasteiger partial charge in [0.05, 0.1) is 44.6 Å². The van der Waals surface area contributed by atoms with Crippen molar-refractivity contribution in [2.75, 3.05) is 9.62 Å². The van der Waals surface area contributed by atoms with E-state index in [4.69, 9.17) is 28.9 Å². The number of aromatic nitrogens is 1. The number of nitrogens with two attached hydrogens (primary N) is 1. The molecule has 3 aromatic rings. The van der Waals surface area contributed by atoms with E-state index >= 15 is 0 Å². The summed E-state index contributed by atoms with van der Waals surface area (Å²) in [5, 5.41) is 3.00. The zero-order valence-corrected chi connectivity index (χ0v) is 18.1. The van der Waals surface area contributed by atoms with Crippen LogP contribution in [-0.2, 0) is 22.6 Å². The summed E-state index contributed by atoms with van der Waals surface area (Å²) >= 11 is 9.66. The molecule has 0 saturated carbocycles. The predicted molar refractivity (Wildman–Crippen MR) is 119 cm³/mol.